The first-order chi connectivity index (χ1) is 8.81. The van der Waals surface area contributed by atoms with Crippen LogP contribution in [0.4, 0.5) is 0 Å². The molecule has 92 valence electrons. The van der Waals surface area contributed by atoms with Crippen molar-refractivity contribution >= 4 is 5.97 Å². The SMILES string of the molecule is O=C(Cc1ccc2c(c1)OCO2)Oc1ccc[nH]1. The fourth-order valence-corrected chi connectivity index (χ4v) is 1.75. The molecule has 0 bridgehead atoms. The lowest BCUT2D eigenvalue weighted by Crippen LogP contribution is -2.11. The van der Waals surface area contributed by atoms with Crippen molar-refractivity contribution in [2.24, 2.45) is 0 Å². The van der Waals surface area contributed by atoms with Crippen molar-refractivity contribution in [2.45, 2.75) is 6.42 Å². The van der Waals surface area contributed by atoms with E-state index in [0.29, 0.717) is 17.4 Å². The Morgan fingerprint density at radius 3 is 3.00 bits per heavy atom. The van der Waals surface area contributed by atoms with E-state index in [1.165, 1.54) is 0 Å². The van der Waals surface area contributed by atoms with Crippen LogP contribution in [0, 0.1) is 0 Å². The van der Waals surface area contributed by atoms with Crippen LogP contribution in [0.5, 0.6) is 17.4 Å². The Labute approximate surface area is 103 Å². The first-order valence-electron chi connectivity index (χ1n) is 5.54. The quantitative estimate of drug-likeness (QED) is 0.839. The molecule has 1 aromatic carbocycles. The molecular formula is C13H11NO4. The molecule has 0 fully saturated rings. The fraction of sp³-hybridized carbons (Fsp3) is 0.154. The number of esters is 1. The van der Waals surface area contributed by atoms with Crippen molar-refractivity contribution in [2.75, 3.05) is 6.79 Å². The number of H-pyrrole nitrogens is 1. The zero-order chi connectivity index (χ0) is 12.4. The molecule has 0 amide bonds. The maximum atomic E-state index is 11.7. The van der Waals surface area contributed by atoms with E-state index in [2.05, 4.69) is 4.98 Å². The zero-order valence-electron chi connectivity index (χ0n) is 9.51. The number of aromatic amines is 1. The third-order valence-corrected chi connectivity index (χ3v) is 2.58. The van der Waals surface area contributed by atoms with Gasteiger partial charge in [-0.15, -0.1) is 0 Å². The highest BCUT2D eigenvalue weighted by atomic mass is 16.7. The smallest absolute Gasteiger partial charge is 0.316 e. The summed E-state index contributed by atoms with van der Waals surface area (Å²) in [5.41, 5.74) is 0.829. The summed E-state index contributed by atoms with van der Waals surface area (Å²) in [5, 5.41) is 0. The molecule has 0 radical (unpaired) electrons. The predicted octanol–water partition coefficient (Wildman–Crippen LogP) is 1.89. The number of aromatic nitrogens is 1. The highest BCUT2D eigenvalue weighted by molar-refractivity contribution is 5.75. The van der Waals surface area contributed by atoms with E-state index in [-0.39, 0.29) is 19.2 Å². The Morgan fingerprint density at radius 1 is 1.28 bits per heavy atom. The van der Waals surface area contributed by atoms with E-state index in [4.69, 9.17) is 14.2 Å². The van der Waals surface area contributed by atoms with Crippen LogP contribution in [0.15, 0.2) is 36.5 Å². The minimum absolute atomic E-state index is 0.190. The van der Waals surface area contributed by atoms with Crippen molar-refractivity contribution < 1.29 is 19.0 Å². The topological polar surface area (TPSA) is 60.6 Å². The molecule has 1 aromatic heterocycles. The highest BCUT2D eigenvalue weighted by Gasteiger charge is 2.15. The molecule has 1 N–H and O–H groups in total. The minimum atomic E-state index is -0.323. The molecule has 5 heteroatoms. The standard InChI is InChI=1S/C13H11NO4/c15-13(18-12-2-1-5-14-12)7-9-3-4-10-11(6-9)17-8-16-10/h1-6,14H,7-8H2. The maximum Gasteiger partial charge on any atom is 0.316 e. The van der Waals surface area contributed by atoms with Gasteiger partial charge < -0.3 is 19.2 Å². The van der Waals surface area contributed by atoms with Crippen molar-refractivity contribution in [3.8, 4) is 17.4 Å². The van der Waals surface area contributed by atoms with Gasteiger partial charge in [0.2, 0.25) is 12.7 Å². The zero-order valence-corrected chi connectivity index (χ0v) is 9.51. The van der Waals surface area contributed by atoms with Gasteiger partial charge in [0.1, 0.15) is 0 Å². The van der Waals surface area contributed by atoms with Crippen molar-refractivity contribution in [1.82, 2.24) is 4.98 Å². The van der Waals surface area contributed by atoms with Crippen LogP contribution in [-0.2, 0) is 11.2 Å². The van der Waals surface area contributed by atoms with Gasteiger partial charge >= 0.3 is 5.97 Å². The molecule has 5 nitrogen and oxygen atoms in total. The molecule has 2 heterocycles. The Hall–Kier alpha value is -2.43. The van der Waals surface area contributed by atoms with Gasteiger partial charge in [-0.25, -0.2) is 0 Å². The average molecular weight is 245 g/mol. The average Bonchev–Trinajstić information content (AvgIpc) is 2.98. The molecule has 0 saturated carbocycles. The van der Waals surface area contributed by atoms with E-state index in [1.807, 2.05) is 6.07 Å². The number of benzene rings is 1. The van der Waals surface area contributed by atoms with Crippen LogP contribution in [0.2, 0.25) is 0 Å². The largest absolute Gasteiger partial charge is 0.454 e. The van der Waals surface area contributed by atoms with Crippen LogP contribution in [0.25, 0.3) is 0 Å². The monoisotopic (exact) mass is 245 g/mol. The lowest BCUT2D eigenvalue weighted by Gasteiger charge is -2.03. The van der Waals surface area contributed by atoms with Gasteiger partial charge in [-0.1, -0.05) is 6.07 Å². The van der Waals surface area contributed by atoms with Gasteiger partial charge in [0.05, 0.1) is 6.42 Å². The van der Waals surface area contributed by atoms with Crippen LogP contribution < -0.4 is 14.2 Å². The summed E-state index contributed by atoms with van der Waals surface area (Å²) in [6.45, 7) is 0.228. The van der Waals surface area contributed by atoms with Crippen LogP contribution >= 0.6 is 0 Å². The minimum Gasteiger partial charge on any atom is -0.454 e. The number of rotatable bonds is 3. The maximum absolute atomic E-state index is 11.7. The molecule has 0 aliphatic carbocycles. The summed E-state index contributed by atoms with van der Waals surface area (Å²) in [4.78, 5) is 14.5. The molecule has 0 atom stereocenters. The number of carbonyl (C=O) groups is 1. The fourth-order valence-electron chi connectivity index (χ4n) is 1.75. The third-order valence-electron chi connectivity index (χ3n) is 2.58. The predicted molar refractivity (Wildman–Crippen MR) is 62.7 cm³/mol. The van der Waals surface area contributed by atoms with E-state index < -0.39 is 0 Å². The molecule has 0 saturated heterocycles. The molecular weight excluding hydrogens is 234 g/mol. The molecule has 0 unspecified atom stereocenters. The number of carbonyl (C=O) groups excluding carboxylic acids is 1. The first kappa shape index (κ1) is 10.7. The molecule has 18 heavy (non-hydrogen) atoms. The van der Waals surface area contributed by atoms with Crippen LogP contribution in [0.3, 0.4) is 0 Å². The molecule has 3 rings (SSSR count). The second-order valence-corrected chi connectivity index (χ2v) is 3.87. The van der Waals surface area contributed by atoms with Gasteiger partial charge in [-0.2, -0.15) is 0 Å². The number of hydrogen-bond donors (Lipinski definition) is 1. The van der Waals surface area contributed by atoms with Crippen LogP contribution in [0.1, 0.15) is 5.56 Å². The Kier molecular flexibility index (Phi) is 2.64. The van der Waals surface area contributed by atoms with Gasteiger partial charge in [0, 0.05) is 12.3 Å². The number of ether oxygens (including phenoxy) is 3. The van der Waals surface area contributed by atoms with E-state index in [0.717, 1.165) is 5.56 Å². The summed E-state index contributed by atoms with van der Waals surface area (Å²) in [5.74, 6) is 1.49. The van der Waals surface area contributed by atoms with Crippen molar-refractivity contribution in [1.29, 1.82) is 0 Å². The number of fused-ring (bicyclic) bond motifs is 1. The lowest BCUT2D eigenvalue weighted by atomic mass is 10.1. The van der Waals surface area contributed by atoms with Crippen LogP contribution in [-0.4, -0.2) is 17.7 Å². The molecule has 0 spiro atoms. The van der Waals surface area contributed by atoms with Gasteiger partial charge in [0.25, 0.3) is 0 Å². The molecule has 1 aliphatic rings. The highest BCUT2D eigenvalue weighted by Crippen LogP contribution is 2.32. The molecule has 1 aliphatic heterocycles. The normalized spacial score (nSPS) is 12.4. The van der Waals surface area contributed by atoms with E-state index in [9.17, 15) is 4.79 Å². The summed E-state index contributed by atoms with van der Waals surface area (Å²) in [6, 6.07) is 8.86. The van der Waals surface area contributed by atoms with E-state index >= 15 is 0 Å². The summed E-state index contributed by atoms with van der Waals surface area (Å²) in [6.07, 6.45) is 1.89. The van der Waals surface area contributed by atoms with Gasteiger partial charge in [-0.05, 0) is 23.8 Å². The third kappa shape index (κ3) is 2.15. The van der Waals surface area contributed by atoms with Gasteiger partial charge in [0.15, 0.2) is 11.5 Å². The van der Waals surface area contributed by atoms with E-state index in [1.54, 1.807) is 30.5 Å². The summed E-state index contributed by atoms with van der Waals surface area (Å²) in [7, 11) is 0. The first-order valence-corrected chi connectivity index (χ1v) is 5.54. The molecule has 2 aromatic rings. The Balaban J connectivity index is 1.67. The number of hydrogen-bond acceptors (Lipinski definition) is 4. The van der Waals surface area contributed by atoms with Gasteiger partial charge in [-0.3, -0.25) is 4.79 Å². The second kappa shape index (κ2) is 4.44. The van der Waals surface area contributed by atoms with Crippen molar-refractivity contribution in [3.05, 3.63) is 42.1 Å². The summed E-state index contributed by atoms with van der Waals surface area (Å²) < 4.78 is 15.6. The second-order valence-electron chi connectivity index (χ2n) is 3.87. The van der Waals surface area contributed by atoms with Crippen molar-refractivity contribution in [3.63, 3.8) is 0 Å². The lowest BCUT2D eigenvalue weighted by molar-refractivity contribution is -0.133. The Morgan fingerprint density at radius 2 is 2.17 bits per heavy atom. The number of nitrogens with one attached hydrogen (secondary N) is 1. The summed E-state index contributed by atoms with van der Waals surface area (Å²) >= 11 is 0. The Bertz CT molecular complexity index is 562.